The second-order valence-electron chi connectivity index (χ2n) is 2.61. The van der Waals surface area contributed by atoms with Gasteiger partial charge in [-0.05, 0) is 0 Å². The predicted molar refractivity (Wildman–Crippen MR) is 32.8 cm³/mol. The lowest BCUT2D eigenvalue weighted by molar-refractivity contribution is -0.316. The van der Waals surface area contributed by atoms with E-state index in [4.69, 9.17) is 0 Å². The lowest BCUT2D eigenvalue weighted by atomic mass is 10.3. The topological polar surface area (TPSA) is 44.8 Å². The minimum atomic E-state index is -4.93. The van der Waals surface area contributed by atoms with Gasteiger partial charge in [-0.15, -0.1) is 0 Å². The summed E-state index contributed by atoms with van der Waals surface area (Å²) in [6.07, 6.45) is -4.93. The van der Waals surface area contributed by atoms with E-state index in [-0.39, 0.29) is 0 Å². The van der Waals surface area contributed by atoms with Crippen LogP contribution in [-0.2, 0) is 19.0 Å². The summed E-state index contributed by atoms with van der Waals surface area (Å²) in [6.45, 7) is -2.39. The number of carbonyl (C=O) groups is 1. The highest BCUT2D eigenvalue weighted by molar-refractivity contribution is 5.76. The van der Waals surface area contributed by atoms with Gasteiger partial charge in [-0.2, -0.15) is 17.6 Å². The molecule has 0 aromatic rings. The summed E-state index contributed by atoms with van der Waals surface area (Å²) in [5, 5.41) is 0. The fraction of sp³-hybridized carbons (Fsp3) is 0.833. The van der Waals surface area contributed by atoms with Crippen molar-refractivity contribution in [1.82, 2.24) is 0 Å². The number of rotatable bonds is 2. The second kappa shape index (κ2) is 3.27. The third-order valence-electron chi connectivity index (χ3n) is 1.59. The van der Waals surface area contributed by atoms with Crippen LogP contribution in [0.25, 0.3) is 0 Å². The summed E-state index contributed by atoms with van der Waals surface area (Å²) < 4.78 is 73.1. The van der Waals surface area contributed by atoms with Gasteiger partial charge in [-0.1, -0.05) is 0 Å². The third-order valence-corrected chi connectivity index (χ3v) is 1.59. The summed E-state index contributed by atoms with van der Waals surface area (Å²) in [4.78, 5) is 10.6. The van der Waals surface area contributed by atoms with Gasteiger partial charge in [0.1, 0.15) is 0 Å². The van der Waals surface area contributed by atoms with E-state index in [1.807, 2.05) is 0 Å². The van der Waals surface area contributed by atoms with E-state index in [1.165, 1.54) is 0 Å². The van der Waals surface area contributed by atoms with Crippen molar-refractivity contribution in [2.24, 2.45) is 0 Å². The monoisotopic (exact) mass is 236 g/mol. The maximum Gasteiger partial charge on any atom is 0.429 e. The molecule has 88 valence electrons. The molecule has 1 saturated heterocycles. The Kier molecular flexibility index (Phi) is 2.64. The standard InChI is InChI=1S/C6H5F5O4/c1-13-3(12)5(9)14-4(8,2-7)6(10,11)15-5/h2H2,1H3. The third kappa shape index (κ3) is 1.65. The predicted octanol–water partition coefficient (Wildman–Crippen LogP) is 1.06. The first kappa shape index (κ1) is 12.1. The molecule has 1 aliphatic rings. The molecule has 1 rings (SSSR count). The van der Waals surface area contributed by atoms with E-state index >= 15 is 0 Å². The van der Waals surface area contributed by atoms with Gasteiger partial charge in [-0.25, -0.2) is 13.9 Å². The van der Waals surface area contributed by atoms with Gasteiger partial charge in [0.2, 0.25) is 0 Å². The van der Waals surface area contributed by atoms with Gasteiger partial charge in [0, 0.05) is 0 Å². The molecule has 0 radical (unpaired) electrons. The number of hydrogen-bond donors (Lipinski definition) is 0. The van der Waals surface area contributed by atoms with Crippen LogP contribution in [0.15, 0.2) is 0 Å². The Morgan fingerprint density at radius 2 is 1.80 bits per heavy atom. The zero-order valence-corrected chi connectivity index (χ0v) is 7.23. The molecule has 0 aromatic heterocycles. The van der Waals surface area contributed by atoms with Crippen molar-refractivity contribution in [2.45, 2.75) is 18.0 Å². The van der Waals surface area contributed by atoms with Gasteiger partial charge >= 0.3 is 24.0 Å². The van der Waals surface area contributed by atoms with Crippen molar-refractivity contribution in [3.8, 4) is 0 Å². The number of carbonyl (C=O) groups excluding carboxylic acids is 1. The Labute approximate surface area is 79.9 Å². The molecule has 0 aromatic carbocycles. The normalized spacial score (nSPS) is 39.1. The van der Waals surface area contributed by atoms with E-state index in [9.17, 15) is 26.7 Å². The molecular weight excluding hydrogens is 231 g/mol. The summed E-state index contributed by atoms with van der Waals surface area (Å²) in [6, 6.07) is -4.15. The summed E-state index contributed by atoms with van der Waals surface area (Å²) in [5.74, 6) is -6.40. The molecule has 4 nitrogen and oxygen atoms in total. The van der Waals surface area contributed by atoms with E-state index < -0.39 is 30.6 Å². The molecule has 15 heavy (non-hydrogen) atoms. The molecule has 0 aliphatic carbocycles. The Morgan fingerprint density at radius 1 is 1.27 bits per heavy atom. The van der Waals surface area contributed by atoms with E-state index in [0.717, 1.165) is 0 Å². The van der Waals surface area contributed by atoms with Gasteiger partial charge in [0.05, 0.1) is 7.11 Å². The van der Waals surface area contributed by atoms with Crippen LogP contribution in [0.4, 0.5) is 22.0 Å². The first-order chi connectivity index (χ1) is 6.71. The molecule has 1 heterocycles. The molecule has 1 fully saturated rings. The number of halogens is 5. The first-order valence-electron chi connectivity index (χ1n) is 3.51. The first-order valence-corrected chi connectivity index (χ1v) is 3.51. The van der Waals surface area contributed by atoms with Crippen LogP contribution in [-0.4, -0.2) is 37.8 Å². The van der Waals surface area contributed by atoms with Crippen molar-refractivity contribution in [3.63, 3.8) is 0 Å². The molecule has 1 aliphatic heterocycles. The zero-order valence-electron chi connectivity index (χ0n) is 7.23. The number of esters is 1. The Bertz CT molecular complexity index is 285. The van der Waals surface area contributed by atoms with Crippen LogP contribution < -0.4 is 0 Å². The van der Waals surface area contributed by atoms with Gasteiger partial charge in [0.15, 0.2) is 6.67 Å². The maximum atomic E-state index is 13.1. The molecule has 0 spiro atoms. The van der Waals surface area contributed by atoms with Crippen LogP contribution in [0.2, 0.25) is 0 Å². The molecule has 0 saturated carbocycles. The minimum Gasteiger partial charge on any atom is -0.463 e. The van der Waals surface area contributed by atoms with Crippen molar-refractivity contribution < 1.29 is 41.0 Å². The molecule has 9 heteroatoms. The fourth-order valence-corrected chi connectivity index (χ4v) is 0.840. The van der Waals surface area contributed by atoms with E-state index in [2.05, 4.69) is 14.2 Å². The number of alkyl halides is 5. The quantitative estimate of drug-likeness (QED) is 0.531. The van der Waals surface area contributed by atoms with Crippen molar-refractivity contribution in [2.75, 3.05) is 13.8 Å². The molecule has 2 atom stereocenters. The van der Waals surface area contributed by atoms with E-state index in [1.54, 1.807) is 0 Å². The summed E-state index contributed by atoms with van der Waals surface area (Å²) >= 11 is 0. The van der Waals surface area contributed by atoms with Crippen LogP contribution in [0, 0.1) is 0 Å². The lowest BCUT2D eigenvalue weighted by Gasteiger charge is -2.18. The average Bonchev–Trinajstić information content (AvgIpc) is 2.33. The van der Waals surface area contributed by atoms with Crippen molar-refractivity contribution in [3.05, 3.63) is 0 Å². The van der Waals surface area contributed by atoms with Gasteiger partial charge < -0.3 is 4.74 Å². The SMILES string of the molecule is COC(=O)C1(F)OC(F)(F)C(F)(CF)O1. The average molecular weight is 236 g/mol. The van der Waals surface area contributed by atoms with Crippen molar-refractivity contribution >= 4 is 5.97 Å². The highest BCUT2D eigenvalue weighted by atomic mass is 19.3. The van der Waals surface area contributed by atoms with E-state index in [0.29, 0.717) is 7.11 Å². The van der Waals surface area contributed by atoms with Gasteiger partial charge in [-0.3, -0.25) is 4.74 Å². The smallest absolute Gasteiger partial charge is 0.429 e. The Morgan fingerprint density at radius 3 is 2.13 bits per heavy atom. The number of ether oxygens (including phenoxy) is 3. The lowest BCUT2D eigenvalue weighted by Crippen LogP contribution is -2.43. The van der Waals surface area contributed by atoms with Crippen LogP contribution in [0.5, 0.6) is 0 Å². The maximum absolute atomic E-state index is 13.1. The second-order valence-corrected chi connectivity index (χ2v) is 2.61. The highest BCUT2D eigenvalue weighted by Gasteiger charge is 2.75. The molecule has 0 amide bonds. The molecule has 2 unspecified atom stereocenters. The van der Waals surface area contributed by atoms with Crippen LogP contribution >= 0.6 is 0 Å². The molecule has 0 N–H and O–H groups in total. The van der Waals surface area contributed by atoms with Crippen molar-refractivity contribution in [1.29, 1.82) is 0 Å². The Balaban J connectivity index is 3.01. The minimum absolute atomic E-state index is 0.627. The number of hydrogen-bond acceptors (Lipinski definition) is 4. The molecular formula is C6H5F5O4. The molecule has 0 bridgehead atoms. The Hall–Kier alpha value is -0.960. The fourth-order valence-electron chi connectivity index (χ4n) is 0.840. The largest absolute Gasteiger partial charge is 0.463 e. The van der Waals surface area contributed by atoms with Crippen LogP contribution in [0.3, 0.4) is 0 Å². The highest BCUT2D eigenvalue weighted by Crippen LogP contribution is 2.48. The van der Waals surface area contributed by atoms with Gasteiger partial charge in [0.25, 0.3) is 0 Å². The summed E-state index contributed by atoms with van der Waals surface area (Å²) in [7, 11) is 0.627. The summed E-state index contributed by atoms with van der Waals surface area (Å²) in [5.41, 5.74) is 0. The zero-order chi connectivity index (χ0) is 11.9. The van der Waals surface area contributed by atoms with Crippen LogP contribution in [0.1, 0.15) is 0 Å². The number of methoxy groups -OCH3 is 1.